The molecule has 5 heteroatoms. The van der Waals surface area contributed by atoms with Crippen LogP contribution in [0.3, 0.4) is 0 Å². The number of ketones is 1. The molecule has 0 aliphatic rings. The summed E-state index contributed by atoms with van der Waals surface area (Å²) >= 11 is 0. The van der Waals surface area contributed by atoms with Crippen LogP contribution in [0.5, 0.6) is 0 Å². The molecule has 0 aromatic rings. The van der Waals surface area contributed by atoms with Crippen LogP contribution in [0.2, 0.25) is 18.1 Å². The van der Waals surface area contributed by atoms with E-state index in [2.05, 4.69) is 40.8 Å². The molecule has 2 nitrogen and oxygen atoms in total. The normalized spacial score (nSPS) is 13.6. The summed E-state index contributed by atoms with van der Waals surface area (Å²) in [6.45, 7) is 14.9. The summed E-state index contributed by atoms with van der Waals surface area (Å²) in [5.41, 5.74) is 0. The van der Waals surface area contributed by atoms with E-state index in [9.17, 15) is 4.79 Å². The van der Waals surface area contributed by atoms with Gasteiger partial charge < -0.3 is 16.8 Å². The molecule has 0 N–H and O–H groups in total. The number of allylic oxidation sites excluding steroid dienone is 1. The second-order valence-corrected chi connectivity index (χ2v) is 10.9. The summed E-state index contributed by atoms with van der Waals surface area (Å²) in [4.78, 5) is 11.8. The molecule has 0 fully saturated rings. The van der Waals surface area contributed by atoms with Crippen LogP contribution in [0.15, 0.2) is 12.2 Å². The Hall–Kier alpha value is 0.474. The van der Waals surface area contributed by atoms with Crippen molar-refractivity contribution >= 4 is 14.1 Å². The second kappa shape index (κ2) is 10.2. The molecule has 0 saturated heterocycles. The Kier molecular flexibility index (Phi) is 13.2. The molecule has 108 valence electrons. The van der Waals surface area contributed by atoms with E-state index >= 15 is 0 Å². The Morgan fingerprint density at radius 2 is 1.79 bits per heavy atom. The van der Waals surface area contributed by atoms with Crippen LogP contribution in [0.4, 0.5) is 0 Å². The standard InChI is InChI=1S/C14H28O2Si.ClH.Li/c1-8-9-10-11-13(15)12(2)16-17(6,7)14(3,4)5;;/h10-12H,8-9H2,1-7H3;1H;/q;;+1/p-1/b11-10+;;/t12-;;/m0../s1. The van der Waals surface area contributed by atoms with Crippen molar-refractivity contribution in [1.82, 2.24) is 0 Å². The summed E-state index contributed by atoms with van der Waals surface area (Å²) in [7, 11) is -1.83. The Bertz CT molecular complexity index is 286. The summed E-state index contributed by atoms with van der Waals surface area (Å²) in [6, 6.07) is 0. The van der Waals surface area contributed by atoms with Gasteiger partial charge in [-0.1, -0.05) is 40.2 Å². The van der Waals surface area contributed by atoms with Crippen molar-refractivity contribution < 1.29 is 40.5 Å². The third-order valence-corrected chi connectivity index (χ3v) is 7.97. The molecule has 0 radical (unpaired) electrons. The van der Waals surface area contributed by atoms with Gasteiger partial charge >= 0.3 is 18.9 Å². The molecule has 0 aliphatic carbocycles. The van der Waals surface area contributed by atoms with E-state index in [1.165, 1.54) is 0 Å². The third-order valence-electron chi connectivity index (χ3n) is 3.42. The van der Waals surface area contributed by atoms with Crippen LogP contribution in [-0.4, -0.2) is 20.2 Å². The molecule has 19 heavy (non-hydrogen) atoms. The van der Waals surface area contributed by atoms with Crippen LogP contribution >= 0.6 is 0 Å². The average Bonchev–Trinajstić information content (AvgIpc) is 2.15. The molecule has 0 aromatic carbocycles. The zero-order valence-electron chi connectivity index (χ0n) is 13.8. The smallest absolute Gasteiger partial charge is 1.00 e. The molecule has 0 bridgehead atoms. The van der Waals surface area contributed by atoms with Crippen molar-refractivity contribution in [2.24, 2.45) is 0 Å². The van der Waals surface area contributed by atoms with Gasteiger partial charge in [-0.25, -0.2) is 0 Å². The van der Waals surface area contributed by atoms with Gasteiger partial charge in [0.25, 0.3) is 0 Å². The summed E-state index contributed by atoms with van der Waals surface area (Å²) in [5, 5.41) is 0.147. The monoisotopic (exact) mass is 298 g/mol. The topological polar surface area (TPSA) is 26.3 Å². The molecule has 0 aromatic heterocycles. The molecule has 0 rings (SSSR count). The predicted molar refractivity (Wildman–Crippen MR) is 76.8 cm³/mol. The summed E-state index contributed by atoms with van der Waals surface area (Å²) in [6.07, 6.45) is 5.32. The first-order chi connectivity index (χ1) is 7.62. The van der Waals surface area contributed by atoms with Gasteiger partial charge in [0.2, 0.25) is 0 Å². The minimum Gasteiger partial charge on any atom is -1.00 e. The van der Waals surface area contributed by atoms with E-state index in [1.807, 2.05) is 13.0 Å². The molecule has 1 atom stereocenters. The van der Waals surface area contributed by atoms with Crippen molar-refractivity contribution in [1.29, 1.82) is 0 Å². The van der Waals surface area contributed by atoms with Crippen LogP contribution in [0.1, 0.15) is 47.5 Å². The minimum atomic E-state index is -1.83. The summed E-state index contributed by atoms with van der Waals surface area (Å²) < 4.78 is 6.03. The molecular formula is C14H28ClLiO2Si. The zero-order valence-corrected chi connectivity index (χ0v) is 15.6. The van der Waals surface area contributed by atoms with Crippen molar-refractivity contribution in [2.45, 2.75) is 71.7 Å². The van der Waals surface area contributed by atoms with Gasteiger partial charge in [-0.2, -0.15) is 0 Å². The van der Waals surface area contributed by atoms with Crippen LogP contribution in [-0.2, 0) is 9.22 Å². The number of hydrogen-bond acceptors (Lipinski definition) is 2. The van der Waals surface area contributed by atoms with Gasteiger partial charge in [0, 0.05) is 0 Å². The molecule has 0 amide bonds. The van der Waals surface area contributed by atoms with Crippen molar-refractivity contribution in [3.8, 4) is 0 Å². The van der Waals surface area contributed by atoms with Crippen molar-refractivity contribution in [2.75, 3.05) is 0 Å². The molecule has 0 heterocycles. The van der Waals surface area contributed by atoms with Crippen molar-refractivity contribution in [3.63, 3.8) is 0 Å². The Morgan fingerprint density at radius 1 is 1.32 bits per heavy atom. The molecular weight excluding hydrogens is 271 g/mol. The van der Waals surface area contributed by atoms with Crippen LogP contribution < -0.4 is 31.3 Å². The number of rotatable bonds is 6. The fraction of sp³-hybridized carbons (Fsp3) is 0.786. The van der Waals surface area contributed by atoms with Gasteiger partial charge in [-0.05, 0) is 37.6 Å². The number of unbranched alkanes of at least 4 members (excludes halogenated alkanes) is 1. The van der Waals surface area contributed by atoms with Gasteiger partial charge in [0.1, 0.15) is 6.10 Å². The fourth-order valence-corrected chi connectivity index (χ4v) is 2.53. The van der Waals surface area contributed by atoms with E-state index in [4.69, 9.17) is 4.43 Å². The number of hydrogen-bond donors (Lipinski definition) is 0. The first-order valence-electron chi connectivity index (χ1n) is 6.50. The zero-order chi connectivity index (χ0) is 13.7. The third kappa shape index (κ3) is 9.10. The molecule has 0 saturated carbocycles. The van der Waals surface area contributed by atoms with Gasteiger partial charge in [-0.3, -0.25) is 4.79 Å². The van der Waals surface area contributed by atoms with Gasteiger partial charge in [-0.15, -0.1) is 0 Å². The molecule has 0 spiro atoms. The maximum absolute atomic E-state index is 11.8. The number of halogens is 1. The Balaban J connectivity index is -0.00000128. The summed E-state index contributed by atoms with van der Waals surface area (Å²) in [5.74, 6) is 0.0864. The van der Waals surface area contributed by atoms with Gasteiger partial charge in [0.05, 0.1) is 0 Å². The molecule has 0 aliphatic heterocycles. The Morgan fingerprint density at radius 3 is 2.16 bits per heavy atom. The van der Waals surface area contributed by atoms with E-state index < -0.39 is 8.32 Å². The van der Waals surface area contributed by atoms with Gasteiger partial charge in [0.15, 0.2) is 14.1 Å². The van der Waals surface area contributed by atoms with Crippen molar-refractivity contribution in [3.05, 3.63) is 12.2 Å². The minimum absolute atomic E-state index is 0. The SMILES string of the molecule is CCC/C=C/C(=O)[C@H](C)O[Si](C)(C)C(C)(C)C.[Cl-].[Li+]. The predicted octanol–water partition coefficient (Wildman–Crippen LogP) is -1.67. The first kappa shape index (κ1) is 24.5. The fourth-order valence-electron chi connectivity index (χ4n) is 1.18. The number of carbonyl (C=O) groups excluding carboxylic acids is 1. The maximum atomic E-state index is 11.8. The molecule has 0 unspecified atom stereocenters. The Labute approximate surface area is 138 Å². The average molecular weight is 299 g/mol. The van der Waals surface area contributed by atoms with Crippen LogP contribution in [0, 0.1) is 0 Å². The van der Waals surface area contributed by atoms with E-state index in [0.29, 0.717) is 0 Å². The second-order valence-electron chi connectivity index (χ2n) is 6.11. The largest absolute Gasteiger partial charge is 1.00 e. The first-order valence-corrected chi connectivity index (χ1v) is 9.41. The quantitative estimate of drug-likeness (QED) is 0.433. The maximum Gasteiger partial charge on any atom is 1.00 e. The number of carbonyl (C=O) groups is 1. The van der Waals surface area contributed by atoms with E-state index in [1.54, 1.807) is 6.08 Å². The van der Waals surface area contributed by atoms with E-state index in [-0.39, 0.29) is 48.2 Å². The van der Waals surface area contributed by atoms with Crippen LogP contribution in [0.25, 0.3) is 0 Å². The van der Waals surface area contributed by atoms with E-state index in [0.717, 1.165) is 12.8 Å².